The van der Waals surface area contributed by atoms with Crippen LogP contribution in [0.3, 0.4) is 0 Å². The molecule has 2 aromatic heterocycles. The van der Waals surface area contributed by atoms with Crippen molar-refractivity contribution in [3.8, 4) is 5.75 Å². The first-order valence-electron chi connectivity index (χ1n) is 10.5. The normalized spacial score (nSPS) is 13.2. The maximum atomic E-state index is 14.3. The van der Waals surface area contributed by atoms with Crippen LogP contribution in [0, 0.1) is 0 Å². The van der Waals surface area contributed by atoms with Crippen LogP contribution >= 0.6 is 0 Å². The number of halogens is 3. The zero-order valence-corrected chi connectivity index (χ0v) is 18.5. The number of likely N-dealkylation sites (N-methyl/N-ethyl adjacent to an activating group) is 1. The number of hydrogen-bond donors (Lipinski definition) is 0. The summed E-state index contributed by atoms with van der Waals surface area (Å²) in [6.07, 6.45) is -1.33. The topological polar surface area (TPSA) is 56.6 Å². The summed E-state index contributed by atoms with van der Waals surface area (Å²) in [5.74, 6) is -0.0154. The molecule has 1 aromatic carbocycles. The van der Waals surface area contributed by atoms with Gasteiger partial charge in [-0.15, -0.1) is 0 Å². The second-order valence-electron chi connectivity index (χ2n) is 7.45. The number of benzene rings is 1. The minimum atomic E-state index is -4.87. The quantitative estimate of drug-likeness (QED) is 0.417. The first-order chi connectivity index (χ1) is 15.8. The monoisotopic (exact) mass is 461 g/mol. The molecule has 0 aliphatic rings. The highest BCUT2D eigenvalue weighted by atomic mass is 19.4. The maximum absolute atomic E-state index is 14.3. The number of anilines is 1. The fraction of sp³-hybridized carbons (Fsp3) is 0.333. The number of alkyl halides is 3. The molecule has 0 aliphatic carbocycles. The zero-order chi connectivity index (χ0) is 23.9. The van der Waals surface area contributed by atoms with Gasteiger partial charge < -0.3 is 18.9 Å². The molecule has 0 amide bonds. The average molecular weight is 461 g/mol. The second-order valence-corrected chi connectivity index (χ2v) is 7.45. The number of pyridine rings is 1. The Morgan fingerprint density at radius 2 is 1.76 bits per heavy atom. The third-order valence-corrected chi connectivity index (χ3v) is 5.25. The van der Waals surface area contributed by atoms with Crippen LogP contribution in [0.2, 0.25) is 0 Å². The number of aromatic nitrogens is 2. The van der Waals surface area contributed by atoms with Crippen LogP contribution in [0.5, 0.6) is 5.75 Å². The number of rotatable bonds is 10. The highest BCUT2D eigenvalue weighted by Crippen LogP contribution is 2.41. The van der Waals surface area contributed by atoms with E-state index in [1.165, 1.54) is 43.6 Å². The number of carbonyl (C=O) groups excluding carboxylic acids is 1. The van der Waals surface area contributed by atoms with E-state index in [1.54, 1.807) is 18.3 Å². The molecule has 6 nitrogen and oxygen atoms in total. The number of nitrogens with zero attached hydrogens (tertiary/aromatic N) is 3. The fourth-order valence-electron chi connectivity index (χ4n) is 3.46. The van der Waals surface area contributed by atoms with Gasteiger partial charge in [-0.1, -0.05) is 18.2 Å². The van der Waals surface area contributed by atoms with Crippen LogP contribution in [0.25, 0.3) is 0 Å². The van der Waals surface area contributed by atoms with Gasteiger partial charge in [0.25, 0.3) is 0 Å². The molecular formula is C24H26F3N3O3. The highest BCUT2D eigenvalue weighted by molar-refractivity contribution is 5.80. The van der Waals surface area contributed by atoms with Gasteiger partial charge in [-0.3, -0.25) is 0 Å². The molecule has 0 radical (unpaired) electrons. The lowest BCUT2D eigenvalue weighted by Crippen LogP contribution is -2.56. The predicted octanol–water partition coefficient (Wildman–Crippen LogP) is 4.46. The largest absolute Gasteiger partial charge is 0.492 e. The van der Waals surface area contributed by atoms with Crippen molar-refractivity contribution in [2.24, 2.45) is 0 Å². The molecule has 0 saturated heterocycles. The van der Waals surface area contributed by atoms with Crippen molar-refractivity contribution < 1.29 is 27.4 Å². The summed E-state index contributed by atoms with van der Waals surface area (Å²) in [5, 5.41) is 0. The maximum Gasteiger partial charge on any atom is 0.423 e. The van der Waals surface area contributed by atoms with Crippen molar-refractivity contribution in [2.45, 2.75) is 25.1 Å². The number of hydrogen-bond acceptors (Lipinski definition) is 5. The molecule has 0 fully saturated rings. The van der Waals surface area contributed by atoms with E-state index < -0.39 is 24.1 Å². The Kier molecular flexibility index (Phi) is 7.63. The molecule has 1 atom stereocenters. The van der Waals surface area contributed by atoms with E-state index in [-0.39, 0.29) is 6.61 Å². The number of esters is 1. The van der Waals surface area contributed by atoms with Crippen molar-refractivity contribution in [1.82, 2.24) is 9.55 Å². The van der Waals surface area contributed by atoms with Gasteiger partial charge in [0.2, 0.25) is 5.54 Å². The van der Waals surface area contributed by atoms with Gasteiger partial charge in [0.1, 0.15) is 18.2 Å². The SMILES string of the molecule is CCOC(=O)[C@@](Cc1ccc(OCCN(C)c2ccccn2)cc1)(n1cccc1)C(F)(F)F. The summed E-state index contributed by atoms with van der Waals surface area (Å²) in [7, 11) is 1.89. The first-order valence-corrected chi connectivity index (χ1v) is 10.5. The Hall–Kier alpha value is -3.49. The van der Waals surface area contributed by atoms with E-state index in [0.29, 0.717) is 24.5 Å². The summed E-state index contributed by atoms with van der Waals surface area (Å²) >= 11 is 0. The molecule has 3 rings (SSSR count). The van der Waals surface area contributed by atoms with Crippen molar-refractivity contribution in [2.75, 3.05) is 31.7 Å². The lowest BCUT2D eigenvalue weighted by molar-refractivity contribution is -0.227. The number of ether oxygens (including phenoxy) is 2. The molecule has 176 valence electrons. The highest BCUT2D eigenvalue weighted by Gasteiger charge is 2.62. The summed E-state index contributed by atoms with van der Waals surface area (Å²) in [4.78, 5) is 18.8. The lowest BCUT2D eigenvalue weighted by Gasteiger charge is -2.35. The van der Waals surface area contributed by atoms with Gasteiger partial charge in [-0.2, -0.15) is 13.2 Å². The van der Waals surface area contributed by atoms with Crippen LogP contribution < -0.4 is 9.64 Å². The van der Waals surface area contributed by atoms with Crippen LogP contribution in [-0.2, 0) is 21.5 Å². The Morgan fingerprint density at radius 1 is 1.06 bits per heavy atom. The average Bonchev–Trinajstić information content (AvgIpc) is 3.33. The predicted molar refractivity (Wildman–Crippen MR) is 118 cm³/mol. The summed E-state index contributed by atoms with van der Waals surface area (Å²) in [6, 6.07) is 14.7. The zero-order valence-electron chi connectivity index (χ0n) is 18.5. The minimum absolute atomic E-state index is 0.155. The van der Waals surface area contributed by atoms with E-state index >= 15 is 0 Å². The van der Waals surface area contributed by atoms with Crippen molar-refractivity contribution in [3.05, 3.63) is 78.8 Å². The molecule has 9 heteroatoms. The first kappa shape index (κ1) is 24.2. The fourth-order valence-corrected chi connectivity index (χ4v) is 3.46. The van der Waals surface area contributed by atoms with Gasteiger partial charge in [0.05, 0.1) is 13.2 Å². The molecule has 0 unspecified atom stereocenters. The van der Waals surface area contributed by atoms with Crippen LogP contribution in [0.1, 0.15) is 12.5 Å². The number of carbonyl (C=O) groups is 1. The molecular weight excluding hydrogens is 435 g/mol. The molecule has 2 heterocycles. The standard InChI is InChI=1S/C24H26F3N3O3/c1-3-32-22(31)23(24(25,26)27,30-14-6-7-15-30)18-19-9-11-20(12-10-19)33-17-16-29(2)21-8-4-5-13-28-21/h4-15H,3,16-18H2,1-2H3/t23-/m1/s1. The smallest absolute Gasteiger partial charge is 0.423 e. The lowest BCUT2D eigenvalue weighted by atomic mass is 9.89. The van der Waals surface area contributed by atoms with Gasteiger partial charge in [-0.25, -0.2) is 9.78 Å². The van der Waals surface area contributed by atoms with Crippen LogP contribution in [0.15, 0.2) is 73.2 Å². The Bertz CT molecular complexity index is 1010. The van der Waals surface area contributed by atoms with Crippen molar-refractivity contribution in [3.63, 3.8) is 0 Å². The van der Waals surface area contributed by atoms with Gasteiger partial charge in [-0.05, 0) is 48.9 Å². The molecule has 0 bridgehead atoms. The van der Waals surface area contributed by atoms with E-state index in [9.17, 15) is 18.0 Å². The minimum Gasteiger partial charge on any atom is -0.492 e. The molecule has 3 aromatic rings. The van der Waals surface area contributed by atoms with Crippen molar-refractivity contribution >= 4 is 11.8 Å². The third kappa shape index (κ3) is 5.47. The van der Waals surface area contributed by atoms with Gasteiger partial charge in [0, 0.05) is 32.1 Å². The molecule has 0 spiro atoms. The Labute approximate surface area is 190 Å². The van der Waals surface area contributed by atoms with Gasteiger partial charge in [0.15, 0.2) is 0 Å². The van der Waals surface area contributed by atoms with E-state index in [2.05, 4.69) is 4.98 Å². The van der Waals surface area contributed by atoms with Crippen LogP contribution in [-0.4, -0.2) is 48.5 Å². The van der Waals surface area contributed by atoms with E-state index in [1.807, 2.05) is 30.1 Å². The molecule has 0 N–H and O–H groups in total. The Morgan fingerprint density at radius 3 is 2.33 bits per heavy atom. The van der Waals surface area contributed by atoms with E-state index in [4.69, 9.17) is 9.47 Å². The summed E-state index contributed by atoms with van der Waals surface area (Å²) < 4.78 is 54.3. The van der Waals surface area contributed by atoms with Crippen LogP contribution in [0.4, 0.5) is 19.0 Å². The van der Waals surface area contributed by atoms with E-state index in [0.717, 1.165) is 10.4 Å². The molecule has 0 aliphatic heterocycles. The van der Waals surface area contributed by atoms with Gasteiger partial charge >= 0.3 is 12.1 Å². The second kappa shape index (κ2) is 10.4. The summed E-state index contributed by atoms with van der Waals surface area (Å²) in [5.41, 5.74) is -2.53. The third-order valence-electron chi connectivity index (χ3n) is 5.25. The molecule has 0 saturated carbocycles. The Balaban J connectivity index is 1.72. The summed E-state index contributed by atoms with van der Waals surface area (Å²) in [6.45, 7) is 2.27. The molecule has 33 heavy (non-hydrogen) atoms. The van der Waals surface area contributed by atoms with Crippen molar-refractivity contribution in [1.29, 1.82) is 0 Å².